The number of rotatable bonds is 9. The van der Waals surface area contributed by atoms with Gasteiger partial charge in [-0.15, -0.1) is 0 Å². The molecule has 1 aliphatic rings. The molecule has 0 spiro atoms. The Labute approximate surface area is 183 Å². The number of hydrogen-bond donors (Lipinski definition) is 2. The van der Waals surface area contributed by atoms with Crippen molar-refractivity contribution in [3.8, 4) is 0 Å². The van der Waals surface area contributed by atoms with Crippen LogP contribution in [0.2, 0.25) is 5.02 Å². The number of benzene rings is 1. The van der Waals surface area contributed by atoms with E-state index >= 15 is 0 Å². The van der Waals surface area contributed by atoms with Crippen molar-refractivity contribution in [2.45, 2.75) is 76.8 Å². The van der Waals surface area contributed by atoms with Crippen LogP contribution >= 0.6 is 11.6 Å². The van der Waals surface area contributed by atoms with Crippen LogP contribution in [-0.2, 0) is 19.6 Å². The maximum absolute atomic E-state index is 13.4. The van der Waals surface area contributed by atoms with E-state index < -0.39 is 39.2 Å². The summed E-state index contributed by atoms with van der Waals surface area (Å²) in [7, 11) is -3.53. The van der Waals surface area contributed by atoms with Gasteiger partial charge in [-0.1, -0.05) is 30.7 Å². The molecule has 4 atom stereocenters. The summed E-state index contributed by atoms with van der Waals surface area (Å²) in [5, 5.41) is 9.21. The van der Waals surface area contributed by atoms with Gasteiger partial charge in [0.15, 0.2) is 0 Å². The number of carbonyl (C=O) groups excluding carboxylic acids is 1. The largest absolute Gasteiger partial charge is 0.481 e. The standard InChI is InChI=1S/C21H31ClN2O5S/c1-5-18(14(4)23-30(28,29)13(2)3)24-19(15-6-9-17(22)10-7-15)11-8-16(21(24)27)12-20(25)26/h6-7,9-10,13-14,16,18-19,23H,5,8,11-12H2,1-4H3,(H,25,26)/t14?,16-,18?,19+/m1/s1. The number of carboxylic acids is 1. The number of halogens is 1. The van der Waals surface area contributed by atoms with Gasteiger partial charge < -0.3 is 10.0 Å². The molecule has 0 saturated carbocycles. The lowest BCUT2D eigenvalue weighted by atomic mass is 9.84. The number of aliphatic carboxylic acids is 1. The van der Waals surface area contributed by atoms with E-state index in [4.69, 9.17) is 11.6 Å². The molecule has 1 saturated heterocycles. The van der Waals surface area contributed by atoms with Gasteiger partial charge in [0.25, 0.3) is 0 Å². The highest BCUT2D eigenvalue weighted by Gasteiger charge is 2.42. The second kappa shape index (κ2) is 10.1. The number of hydrogen-bond acceptors (Lipinski definition) is 4. The minimum absolute atomic E-state index is 0.231. The van der Waals surface area contributed by atoms with Crippen molar-refractivity contribution in [2.24, 2.45) is 5.92 Å². The molecule has 7 nitrogen and oxygen atoms in total. The van der Waals surface area contributed by atoms with Crippen LogP contribution < -0.4 is 4.72 Å². The van der Waals surface area contributed by atoms with Gasteiger partial charge in [0.1, 0.15) is 0 Å². The zero-order chi connectivity index (χ0) is 22.6. The Hall–Kier alpha value is -1.64. The molecule has 0 bridgehead atoms. The van der Waals surface area contributed by atoms with E-state index in [-0.39, 0.29) is 18.4 Å². The van der Waals surface area contributed by atoms with Gasteiger partial charge in [-0.3, -0.25) is 9.59 Å². The van der Waals surface area contributed by atoms with E-state index in [0.29, 0.717) is 24.3 Å². The quantitative estimate of drug-likeness (QED) is 0.588. The number of carbonyl (C=O) groups is 2. The zero-order valence-electron chi connectivity index (χ0n) is 17.8. The summed E-state index contributed by atoms with van der Waals surface area (Å²) in [4.78, 5) is 26.3. The Balaban J connectivity index is 2.42. The second-order valence-corrected chi connectivity index (χ2v) is 10.9. The lowest BCUT2D eigenvalue weighted by molar-refractivity contribution is -0.151. The average Bonchev–Trinajstić information content (AvgIpc) is 2.65. The molecule has 30 heavy (non-hydrogen) atoms. The fourth-order valence-electron chi connectivity index (χ4n) is 4.06. The fraction of sp³-hybridized carbons (Fsp3) is 0.619. The first-order valence-corrected chi connectivity index (χ1v) is 12.2. The Bertz CT molecular complexity index is 857. The SMILES string of the molecule is CCC(C(C)NS(=O)(=O)C(C)C)N1C(=O)[C@@H](CC(=O)O)CC[C@H]1c1ccc(Cl)cc1. The number of piperidine rings is 1. The Morgan fingerprint density at radius 1 is 1.23 bits per heavy atom. The topological polar surface area (TPSA) is 104 Å². The molecule has 168 valence electrons. The molecule has 1 fully saturated rings. The third kappa shape index (κ3) is 5.74. The molecule has 1 aromatic carbocycles. The predicted molar refractivity (Wildman–Crippen MR) is 117 cm³/mol. The zero-order valence-corrected chi connectivity index (χ0v) is 19.4. The van der Waals surface area contributed by atoms with Gasteiger partial charge >= 0.3 is 5.97 Å². The van der Waals surface area contributed by atoms with E-state index in [0.717, 1.165) is 5.56 Å². The first-order chi connectivity index (χ1) is 14.0. The molecule has 0 radical (unpaired) electrons. The molecule has 9 heteroatoms. The van der Waals surface area contributed by atoms with Crippen molar-refractivity contribution in [3.05, 3.63) is 34.9 Å². The minimum atomic E-state index is -3.53. The van der Waals surface area contributed by atoms with Crippen molar-refractivity contribution in [1.29, 1.82) is 0 Å². The van der Waals surface area contributed by atoms with Crippen molar-refractivity contribution >= 4 is 33.5 Å². The van der Waals surface area contributed by atoms with Gasteiger partial charge in [0, 0.05) is 23.0 Å². The number of likely N-dealkylation sites (tertiary alicyclic amines) is 1. The van der Waals surface area contributed by atoms with Gasteiger partial charge in [0.2, 0.25) is 15.9 Å². The summed E-state index contributed by atoms with van der Waals surface area (Å²) in [6.45, 7) is 6.85. The molecular formula is C21H31ClN2O5S. The van der Waals surface area contributed by atoms with Crippen LogP contribution in [0.1, 0.15) is 65.0 Å². The third-order valence-electron chi connectivity index (χ3n) is 5.73. The monoisotopic (exact) mass is 458 g/mol. The first kappa shape index (κ1) is 24.6. The Morgan fingerprint density at radius 2 is 1.83 bits per heavy atom. The van der Waals surface area contributed by atoms with Crippen molar-refractivity contribution in [3.63, 3.8) is 0 Å². The highest BCUT2D eigenvalue weighted by Crippen LogP contribution is 2.38. The van der Waals surface area contributed by atoms with E-state index in [1.807, 2.05) is 19.1 Å². The second-order valence-electron chi connectivity index (χ2n) is 8.16. The molecule has 1 amide bonds. The molecule has 2 rings (SSSR count). The van der Waals surface area contributed by atoms with E-state index in [1.54, 1.807) is 37.8 Å². The molecule has 1 aromatic rings. The smallest absolute Gasteiger partial charge is 0.304 e. The molecule has 1 heterocycles. The van der Waals surface area contributed by atoms with Crippen LogP contribution in [0.25, 0.3) is 0 Å². The summed E-state index contributed by atoms with van der Waals surface area (Å²) in [6.07, 6.45) is 1.37. The van der Waals surface area contributed by atoms with E-state index in [9.17, 15) is 23.1 Å². The molecule has 0 aromatic heterocycles. The lowest BCUT2D eigenvalue weighted by Crippen LogP contribution is -2.57. The van der Waals surface area contributed by atoms with Crippen LogP contribution in [0, 0.1) is 5.92 Å². The summed E-state index contributed by atoms with van der Waals surface area (Å²) < 4.78 is 27.5. The first-order valence-electron chi connectivity index (χ1n) is 10.3. The molecule has 2 N–H and O–H groups in total. The van der Waals surface area contributed by atoms with Crippen molar-refractivity contribution in [1.82, 2.24) is 9.62 Å². The van der Waals surface area contributed by atoms with Crippen LogP contribution in [-0.4, -0.2) is 47.6 Å². The predicted octanol–water partition coefficient (Wildman–Crippen LogP) is 3.59. The normalized spacial score (nSPS) is 22.2. The van der Waals surface area contributed by atoms with Gasteiger partial charge in [-0.25, -0.2) is 13.1 Å². The number of sulfonamides is 1. The number of amides is 1. The summed E-state index contributed by atoms with van der Waals surface area (Å²) >= 11 is 6.02. The van der Waals surface area contributed by atoms with E-state index in [2.05, 4.69) is 4.72 Å². The summed E-state index contributed by atoms with van der Waals surface area (Å²) in [6, 6.07) is 6.04. The molecule has 0 aliphatic carbocycles. The Kier molecular flexibility index (Phi) is 8.30. The van der Waals surface area contributed by atoms with Gasteiger partial charge in [-0.05, 0) is 57.7 Å². The van der Waals surface area contributed by atoms with Crippen LogP contribution in [0.4, 0.5) is 0 Å². The van der Waals surface area contributed by atoms with Crippen molar-refractivity contribution < 1.29 is 23.1 Å². The Morgan fingerprint density at radius 3 is 2.33 bits per heavy atom. The number of nitrogens with zero attached hydrogens (tertiary/aromatic N) is 1. The molecule has 1 aliphatic heterocycles. The van der Waals surface area contributed by atoms with Crippen LogP contribution in [0.3, 0.4) is 0 Å². The molecular weight excluding hydrogens is 428 g/mol. The maximum atomic E-state index is 13.4. The highest BCUT2D eigenvalue weighted by atomic mass is 35.5. The van der Waals surface area contributed by atoms with Gasteiger partial charge in [-0.2, -0.15) is 0 Å². The fourth-order valence-corrected chi connectivity index (χ4v) is 5.13. The van der Waals surface area contributed by atoms with Crippen molar-refractivity contribution in [2.75, 3.05) is 0 Å². The van der Waals surface area contributed by atoms with Gasteiger partial charge in [0.05, 0.1) is 17.7 Å². The minimum Gasteiger partial charge on any atom is -0.481 e. The third-order valence-corrected chi connectivity index (χ3v) is 7.92. The number of nitrogens with one attached hydrogen (secondary N) is 1. The average molecular weight is 459 g/mol. The number of carboxylic acid groups (broad SMARTS) is 1. The lowest BCUT2D eigenvalue weighted by Gasteiger charge is -2.46. The van der Waals surface area contributed by atoms with Crippen LogP contribution in [0.5, 0.6) is 0 Å². The summed E-state index contributed by atoms with van der Waals surface area (Å²) in [5.41, 5.74) is 0.902. The van der Waals surface area contributed by atoms with E-state index in [1.165, 1.54) is 0 Å². The maximum Gasteiger partial charge on any atom is 0.304 e. The summed E-state index contributed by atoms with van der Waals surface area (Å²) in [5.74, 6) is -1.88. The molecule has 2 unspecified atom stereocenters. The highest BCUT2D eigenvalue weighted by molar-refractivity contribution is 7.90. The van der Waals surface area contributed by atoms with Crippen LogP contribution in [0.15, 0.2) is 24.3 Å².